The Morgan fingerprint density at radius 3 is 2.78 bits per heavy atom. The number of benzene rings is 1. The first-order valence-corrected chi connectivity index (χ1v) is 6.78. The number of amides is 1. The fourth-order valence-electron chi connectivity index (χ4n) is 2.54. The summed E-state index contributed by atoms with van der Waals surface area (Å²) in [5.41, 5.74) is 0.628. The van der Waals surface area contributed by atoms with Crippen molar-refractivity contribution in [3.63, 3.8) is 0 Å². The van der Waals surface area contributed by atoms with Crippen LogP contribution in [0.3, 0.4) is 0 Å². The van der Waals surface area contributed by atoms with Gasteiger partial charge in [0.15, 0.2) is 0 Å². The fourth-order valence-corrected chi connectivity index (χ4v) is 2.76. The SMILES string of the molecule is CN(C(=O)c1cccc(S)c1)C1CCCCC1O. The van der Waals surface area contributed by atoms with E-state index in [4.69, 9.17) is 0 Å². The molecule has 1 fully saturated rings. The van der Waals surface area contributed by atoms with Crippen LogP contribution in [0.25, 0.3) is 0 Å². The van der Waals surface area contributed by atoms with Gasteiger partial charge >= 0.3 is 0 Å². The van der Waals surface area contributed by atoms with Crippen molar-refractivity contribution in [2.75, 3.05) is 7.05 Å². The van der Waals surface area contributed by atoms with Crippen molar-refractivity contribution in [2.45, 2.75) is 42.7 Å². The van der Waals surface area contributed by atoms with E-state index >= 15 is 0 Å². The van der Waals surface area contributed by atoms with Gasteiger partial charge in [-0.1, -0.05) is 18.9 Å². The Bertz CT molecular complexity index is 436. The van der Waals surface area contributed by atoms with Crippen LogP contribution < -0.4 is 0 Å². The first-order valence-electron chi connectivity index (χ1n) is 6.34. The highest BCUT2D eigenvalue weighted by Crippen LogP contribution is 2.23. The number of hydrogen-bond acceptors (Lipinski definition) is 3. The van der Waals surface area contributed by atoms with Crippen LogP contribution in [-0.2, 0) is 0 Å². The van der Waals surface area contributed by atoms with E-state index in [0.717, 1.165) is 30.6 Å². The lowest BCUT2D eigenvalue weighted by Crippen LogP contribution is -2.46. The number of hydrogen-bond donors (Lipinski definition) is 2. The maximum atomic E-state index is 12.3. The molecule has 98 valence electrons. The first-order chi connectivity index (χ1) is 8.59. The van der Waals surface area contributed by atoms with Crippen LogP contribution >= 0.6 is 12.6 Å². The molecule has 1 saturated carbocycles. The van der Waals surface area contributed by atoms with Crippen molar-refractivity contribution in [2.24, 2.45) is 0 Å². The minimum absolute atomic E-state index is 0.0446. The van der Waals surface area contributed by atoms with Crippen molar-refractivity contribution < 1.29 is 9.90 Å². The fraction of sp³-hybridized carbons (Fsp3) is 0.500. The summed E-state index contributed by atoms with van der Waals surface area (Å²) in [4.78, 5) is 14.8. The number of rotatable bonds is 2. The second-order valence-electron chi connectivity index (χ2n) is 4.89. The predicted molar refractivity (Wildman–Crippen MR) is 74.1 cm³/mol. The number of carbonyl (C=O) groups excluding carboxylic acids is 1. The molecule has 3 nitrogen and oxygen atoms in total. The summed E-state index contributed by atoms with van der Waals surface area (Å²) in [6, 6.07) is 7.15. The highest BCUT2D eigenvalue weighted by atomic mass is 32.1. The van der Waals surface area contributed by atoms with Gasteiger partial charge in [0.25, 0.3) is 5.91 Å². The number of aliphatic hydroxyl groups is 1. The van der Waals surface area contributed by atoms with Gasteiger partial charge in [0.1, 0.15) is 0 Å². The summed E-state index contributed by atoms with van der Waals surface area (Å²) in [6.45, 7) is 0. The molecule has 0 bridgehead atoms. The monoisotopic (exact) mass is 265 g/mol. The van der Waals surface area contributed by atoms with Crippen molar-refractivity contribution in [1.82, 2.24) is 4.90 Å². The van der Waals surface area contributed by atoms with Crippen LogP contribution in [0.15, 0.2) is 29.2 Å². The molecular weight excluding hydrogens is 246 g/mol. The molecule has 0 radical (unpaired) electrons. The lowest BCUT2D eigenvalue weighted by molar-refractivity contribution is 0.0268. The molecule has 0 spiro atoms. The quantitative estimate of drug-likeness (QED) is 0.806. The summed E-state index contributed by atoms with van der Waals surface area (Å²) in [5, 5.41) is 9.98. The number of aliphatic hydroxyl groups excluding tert-OH is 1. The van der Waals surface area contributed by atoms with Crippen LogP contribution in [0.2, 0.25) is 0 Å². The van der Waals surface area contributed by atoms with E-state index in [1.54, 1.807) is 24.1 Å². The van der Waals surface area contributed by atoms with E-state index in [0.29, 0.717) is 5.56 Å². The molecule has 0 aromatic heterocycles. The summed E-state index contributed by atoms with van der Waals surface area (Å²) in [6.07, 6.45) is 3.39. The number of thiol groups is 1. The molecule has 2 atom stereocenters. The Morgan fingerprint density at radius 1 is 1.39 bits per heavy atom. The normalized spacial score (nSPS) is 23.7. The molecule has 0 aliphatic heterocycles. The van der Waals surface area contributed by atoms with Gasteiger partial charge < -0.3 is 10.0 Å². The zero-order valence-corrected chi connectivity index (χ0v) is 11.4. The minimum atomic E-state index is -0.396. The van der Waals surface area contributed by atoms with Gasteiger partial charge in [-0.2, -0.15) is 0 Å². The summed E-state index contributed by atoms with van der Waals surface area (Å²) < 4.78 is 0. The molecule has 0 saturated heterocycles. The van der Waals surface area contributed by atoms with Gasteiger partial charge in [0.2, 0.25) is 0 Å². The second-order valence-corrected chi connectivity index (χ2v) is 5.40. The average molecular weight is 265 g/mol. The van der Waals surface area contributed by atoms with Crippen molar-refractivity contribution >= 4 is 18.5 Å². The lowest BCUT2D eigenvalue weighted by Gasteiger charge is -2.35. The zero-order valence-electron chi connectivity index (χ0n) is 10.5. The minimum Gasteiger partial charge on any atom is -0.391 e. The predicted octanol–water partition coefficient (Wildman–Crippen LogP) is 2.35. The Balaban J connectivity index is 2.13. The smallest absolute Gasteiger partial charge is 0.253 e. The highest BCUT2D eigenvalue weighted by molar-refractivity contribution is 7.80. The van der Waals surface area contributed by atoms with Gasteiger partial charge in [-0.25, -0.2) is 0 Å². The maximum Gasteiger partial charge on any atom is 0.253 e. The molecule has 1 aromatic carbocycles. The van der Waals surface area contributed by atoms with E-state index in [1.807, 2.05) is 12.1 Å². The number of likely N-dealkylation sites (N-methyl/N-ethyl adjacent to an activating group) is 1. The van der Waals surface area contributed by atoms with Gasteiger partial charge in [0.05, 0.1) is 12.1 Å². The molecule has 1 amide bonds. The average Bonchev–Trinajstić information content (AvgIpc) is 2.37. The third-order valence-corrected chi connectivity index (χ3v) is 3.88. The van der Waals surface area contributed by atoms with Gasteiger partial charge in [-0.15, -0.1) is 12.6 Å². The van der Waals surface area contributed by atoms with Crippen molar-refractivity contribution in [3.05, 3.63) is 29.8 Å². The topological polar surface area (TPSA) is 40.5 Å². The molecule has 1 aliphatic rings. The third-order valence-electron chi connectivity index (χ3n) is 3.60. The Labute approximate surface area is 113 Å². The van der Waals surface area contributed by atoms with E-state index in [9.17, 15) is 9.90 Å². The van der Waals surface area contributed by atoms with E-state index in [2.05, 4.69) is 12.6 Å². The Morgan fingerprint density at radius 2 is 2.11 bits per heavy atom. The zero-order chi connectivity index (χ0) is 13.1. The Hall–Kier alpha value is -1.00. The van der Waals surface area contributed by atoms with Crippen molar-refractivity contribution in [3.8, 4) is 0 Å². The number of nitrogens with zero attached hydrogens (tertiary/aromatic N) is 1. The lowest BCUT2D eigenvalue weighted by atomic mass is 9.91. The van der Waals surface area contributed by atoms with E-state index in [-0.39, 0.29) is 11.9 Å². The third kappa shape index (κ3) is 2.87. The molecule has 1 N–H and O–H groups in total. The summed E-state index contributed by atoms with van der Waals surface area (Å²) in [5.74, 6) is -0.0446. The number of carbonyl (C=O) groups is 1. The Kier molecular flexibility index (Phi) is 4.30. The van der Waals surface area contributed by atoms with Gasteiger partial charge in [-0.05, 0) is 31.0 Å². The van der Waals surface area contributed by atoms with Gasteiger partial charge in [-0.3, -0.25) is 4.79 Å². The molecule has 2 rings (SSSR count). The molecular formula is C14H19NO2S. The second kappa shape index (κ2) is 5.76. The molecule has 1 aromatic rings. The van der Waals surface area contributed by atoms with Crippen LogP contribution in [0.4, 0.5) is 0 Å². The molecule has 2 unspecified atom stereocenters. The largest absolute Gasteiger partial charge is 0.391 e. The molecule has 0 heterocycles. The van der Waals surface area contributed by atoms with Gasteiger partial charge in [0, 0.05) is 17.5 Å². The van der Waals surface area contributed by atoms with Crippen molar-refractivity contribution in [1.29, 1.82) is 0 Å². The van der Waals surface area contributed by atoms with E-state index in [1.165, 1.54) is 0 Å². The van der Waals surface area contributed by atoms with Crippen LogP contribution in [0.5, 0.6) is 0 Å². The molecule has 1 aliphatic carbocycles. The van der Waals surface area contributed by atoms with Crippen LogP contribution in [0.1, 0.15) is 36.0 Å². The summed E-state index contributed by atoms with van der Waals surface area (Å²) in [7, 11) is 1.77. The van der Waals surface area contributed by atoms with E-state index < -0.39 is 6.10 Å². The van der Waals surface area contributed by atoms with Crippen LogP contribution in [0, 0.1) is 0 Å². The standard InChI is InChI=1S/C14H19NO2S/c1-15(12-7-2-3-8-13(12)16)14(17)10-5-4-6-11(18)9-10/h4-6,9,12-13,16,18H,2-3,7-8H2,1H3. The summed E-state index contributed by atoms with van der Waals surface area (Å²) >= 11 is 4.24. The highest BCUT2D eigenvalue weighted by Gasteiger charge is 2.29. The van der Waals surface area contributed by atoms with Crippen LogP contribution in [-0.4, -0.2) is 35.1 Å². The maximum absolute atomic E-state index is 12.3. The first kappa shape index (κ1) is 13.4. The molecule has 4 heteroatoms. The molecule has 18 heavy (non-hydrogen) atoms.